The van der Waals surface area contributed by atoms with Crippen LogP contribution in [0.2, 0.25) is 0 Å². The number of primary amides is 1. The number of amides is 1. The van der Waals surface area contributed by atoms with Crippen LogP contribution in [-0.4, -0.2) is 12.5 Å². The lowest BCUT2D eigenvalue weighted by Crippen LogP contribution is -2.41. The molecule has 3 N–H and O–H groups in total. The SMILES string of the molecule is CC(NCC(C)(C)C(N)=O)c1ccc(F)cc1Br. The zero-order valence-corrected chi connectivity index (χ0v) is 12.3. The summed E-state index contributed by atoms with van der Waals surface area (Å²) in [5.74, 6) is -0.629. The molecule has 0 aliphatic heterocycles. The van der Waals surface area contributed by atoms with Crippen LogP contribution in [-0.2, 0) is 4.79 Å². The maximum absolute atomic E-state index is 13.0. The van der Waals surface area contributed by atoms with Gasteiger partial charge in [-0.15, -0.1) is 0 Å². The largest absolute Gasteiger partial charge is 0.369 e. The Kier molecular flexibility index (Phi) is 4.87. The van der Waals surface area contributed by atoms with Crippen LogP contribution in [0.4, 0.5) is 4.39 Å². The Hall–Kier alpha value is -0.940. The number of hydrogen-bond acceptors (Lipinski definition) is 2. The predicted octanol–water partition coefficient (Wildman–Crippen LogP) is 2.75. The molecule has 0 heterocycles. The van der Waals surface area contributed by atoms with Gasteiger partial charge in [-0.25, -0.2) is 4.39 Å². The third-order valence-corrected chi connectivity index (χ3v) is 3.63. The molecule has 5 heteroatoms. The van der Waals surface area contributed by atoms with Gasteiger partial charge < -0.3 is 11.1 Å². The zero-order valence-electron chi connectivity index (χ0n) is 10.8. The summed E-state index contributed by atoms with van der Waals surface area (Å²) in [6.45, 7) is 5.99. The van der Waals surface area contributed by atoms with Gasteiger partial charge >= 0.3 is 0 Å². The van der Waals surface area contributed by atoms with Crippen LogP contribution in [0.3, 0.4) is 0 Å². The van der Waals surface area contributed by atoms with Crippen molar-refractivity contribution in [3.63, 3.8) is 0 Å². The van der Waals surface area contributed by atoms with E-state index in [0.29, 0.717) is 11.0 Å². The third kappa shape index (κ3) is 3.78. The number of benzene rings is 1. The predicted molar refractivity (Wildman–Crippen MR) is 73.5 cm³/mol. The highest BCUT2D eigenvalue weighted by Gasteiger charge is 2.25. The lowest BCUT2D eigenvalue weighted by atomic mass is 9.92. The van der Waals surface area contributed by atoms with Gasteiger partial charge in [-0.2, -0.15) is 0 Å². The molecule has 0 aromatic heterocycles. The normalized spacial score (nSPS) is 13.4. The second kappa shape index (κ2) is 5.80. The van der Waals surface area contributed by atoms with E-state index in [9.17, 15) is 9.18 Å². The van der Waals surface area contributed by atoms with Crippen LogP contribution < -0.4 is 11.1 Å². The van der Waals surface area contributed by atoms with Crippen molar-refractivity contribution < 1.29 is 9.18 Å². The zero-order chi connectivity index (χ0) is 13.9. The summed E-state index contributed by atoms with van der Waals surface area (Å²) in [5, 5.41) is 3.23. The van der Waals surface area contributed by atoms with E-state index >= 15 is 0 Å². The van der Waals surface area contributed by atoms with Gasteiger partial charge in [-0.05, 0) is 38.5 Å². The van der Waals surface area contributed by atoms with Gasteiger partial charge in [0.05, 0.1) is 5.41 Å². The fraction of sp³-hybridized carbons (Fsp3) is 0.462. The molecule has 1 atom stereocenters. The maximum Gasteiger partial charge on any atom is 0.224 e. The van der Waals surface area contributed by atoms with E-state index in [2.05, 4.69) is 21.2 Å². The molecule has 1 aromatic carbocycles. The number of carbonyl (C=O) groups is 1. The molecule has 100 valence electrons. The Labute approximate surface area is 115 Å². The average molecular weight is 317 g/mol. The fourth-order valence-corrected chi connectivity index (χ4v) is 2.15. The molecule has 0 aliphatic rings. The molecule has 0 spiro atoms. The molecular weight excluding hydrogens is 299 g/mol. The molecule has 1 aromatic rings. The molecule has 0 radical (unpaired) electrons. The van der Waals surface area contributed by atoms with E-state index < -0.39 is 5.41 Å². The molecule has 0 aliphatic carbocycles. The van der Waals surface area contributed by atoms with Crippen molar-refractivity contribution in [1.82, 2.24) is 5.32 Å². The number of nitrogens with one attached hydrogen (secondary N) is 1. The van der Waals surface area contributed by atoms with Crippen molar-refractivity contribution in [2.24, 2.45) is 11.1 Å². The monoisotopic (exact) mass is 316 g/mol. The minimum absolute atomic E-state index is 0.00130. The van der Waals surface area contributed by atoms with Crippen LogP contribution in [0, 0.1) is 11.2 Å². The van der Waals surface area contributed by atoms with Crippen LogP contribution in [0.25, 0.3) is 0 Å². The van der Waals surface area contributed by atoms with Gasteiger partial charge in [0.15, 0.2) is 0 Å². The number of hydrogen-bond donors (Lipinski definition) is 2. The molecule has 1 unspecified atom stereocenters. The summed E-state index contributed by atoms with van der Waals surface area (Å²) in [6, 6.07) is 4.55. The van der Waals surface area contributed by atoms with E-state index in [1.54, 1.807) is 19.9 Å². The second-order valence-electron chi connectivity index (χ2n) is 5.02. The molecule has 1 amide bonds. The number of carbonyl (C=O) groups excluding carboxylic acids is 1. The topological polar surface area (TPSA) is 55.1 Å². The molecule has 3 nitrogen and oxygen atoms in total. The van der Waals surface area contributed by atoms with Gasteiger partial charge in [0.1, 0.15) is 5.82 Å². The molecule has 0 fully saturated rings. The highest BCUT2D eigenvalue weighted by atomic mass is 79.9. The highest BCUT2D eigenvalue weighted by Crippen LogP contribution is 2.25. The quantitative estimate of drug-likeness (QED) is 0.877. The number of halogens is 2. The van der Waals surface area contributed by atoms with Crippen LogP contribution >= 0.6 is 15.9 Å². The second-order valence-corrected chi connectivity index (χ2v) is 5.87. The lowest BCUT2D eigenvalue weighted by Gasteiger charge is -2.24. The first kappa shape index (κ1) is 15.1. The standard InChI is InChI=1S/C13H18BrFN2O/c1-8(17-7-13(2,3)12(16)18)10-5-4-9(15)6-11(10)14/h4-6,8,17H,7H2,1-3H3,(H2,16,18). The minimum Gasteiger partial charge on any atom is -0.369 e. The molecule has 0 saturated heterocycles. The van der Waals surface area contributed by atoms with E-state index in [-0.39, 0.29) is 17.8 Å². The smallest absolute Gasteiger partial charge is 0.224 e. The van der Waals surface area contributed by atoms with Crippen molar-refractivity contribution in [2.45, 2.75) is 26.8 Å². The van der Waals surface area contributed by atoms with Crippen LogP contribution in [0.5, 0.6) is 0 Å². The summed E-state index contributed by atoms with van der Waals surface area (Å²) in [4.78, 5) is 11.2. The van der Waals surface area contributed by atoms with Crippen molar-refractivity contribution in [2.75, 3.05) is 6.54 Å². The summed E-state index contributed by atoms with van der Waals surface area (Å²) >= 11 is 3.33. The van der Waals surface area contributed by atoms with Crippen molar-refractivity contribution in [1.29, 1.82) is 0 Å². The summed E-state index contributed by atoms with van der Waals surface area (Å²) in [6.07, 6.45) is 0. The molecule has 0 bridgehead atoms. The minimum atomic E-state index is -0.610. The fourth-order valence-electron chi connectivity index (χ4n) is 1.46. The first-order valence-corrected chi connectivity index (χ1v) is 6.51. The van der Waals surface area contributed by atoms with Gasteiger partial charge in [-0.3, -0.25) is 4.79 Å². The maximum atomic E-state index is 13.0. The summed E-state index contributed by atoms with van der Waals surface area (Å²) in [7, 11) is 0. The Balaban J connectivity index is 2.71. The van der Waals surface area contributed by atoms with Crippen molar-refractivity contribution >= 4 is 21.8 Å². The Morgan fingerprint density at radius 2 is 2.17 bits per heavy atom. The van der Waals surface area contributed by atoms with Gasteiger partial charge in [0.25, 0.3) is 0 Å². The van der Waals surface area contributed by atoms with Crippen molar-refractivity contribution in [3.8, 4) is 0 Å². The lowest BCUT2D eigenvalue weighted by molar-refractivity contribution is -0.125. The summed E-state index contributed by atoms with van der Waals surface area (Å²) in [5.41, 5.74) is 5.64. The van der Waals surface area contributed by atoms with E-state index in [4.69, 9.17) is 5.73 Å². The van der Waals surface area contributed by atoms with E-state index in [1.165, 1.54) is 12.1 Å². The Bertz CT molecular complexity index is 449. The van der Waals surface area contributed by atoms with E-state index in [0.717, 1.165) is 5.56 Å². The summed E-state index contributed by atoms with van der Waals surface area (Å²) < 4.78 is 13.7. The van der Waals surface area contributed by atoms with Gasteiger partial charge in [-0.1, -0.05) is 22.0 Å². The third-order valence-electron chi connectivity index (χ3n) is 2.95. The molecule has 18 heavy (non-hydrogen) atoms. The average Bonchev–Trinajstić information content (AvgIpc) is 2.25. The highest BCUT2D eigenvalue weighted by molar-refractivity contribution is 9.10. The van der Waals surface area contributed by atoms with Crippen molar-refractivity contribution in [3.05, 3.63) is 34.1 Å². The van der Waals surface area contributed by atoms with Crippen LogP contribution in [0.15, 0.2) is 22.7 Å². The first-order chi connectivity index (χ1) is 8.24. The number of nitrogens with two attached hydrogens (primary N) is 1. The van der Waals surface area contributed by atoms with Gasteiger partial charge in [0, 0.05) is 17.1 Å². The van der Waals surface area contributed by atoms with Crippen LogP contribution in [0.1, 0.15) is 32.4 Å². The first-order valence-electron chi connectivity index (χ1n) is 5.72. The Morgan fingerprint density at radius 3 is 2.67 bits per heavy atom. The number of rotatable bonds is 5. The van der Waals surface area contributed by atoms with E-state index in [1.807, 2.05) is 6.92 Å². The molecule has 0 saturated carbocycles. The molecular formula is C13H18BrFN2O. The Morgan fingerprint density at radius 1 is 1.56 bits per heavy atom. The molecule has 1 rings (SSSR count). The van der Waals surface area contributed by atoms with Gasteiger partial charge in [0.2, 0.25) is 5.91 Å².